The van der Waals surface area contributed by atoms with Crippen molar-refractivity contribution in [1.29, 1.82) is 0 Å². The van der Waals surface area contributed by atoms with Crippen LogP contribution >= 0.6 is 23.2 Å². The molecule has 14 heavy (non-hydrogen) atoms. The number of rotatable bonds is 7. The van der Waals surface area contributed by atoms with Crippen molar-refractivity contribution < 1.29 is 19.8 Å². The Labute approximate surface area is 91.8 Å². The van der Waals surface area contributed by atoms with Crippen LogP contribution in [-0.4, -0.2) is 32.9 Å². The normalized spacial score (nSPS) is 14.7. The highest BCUT2D eigenvalue weighted by molar-refractivity contribution is 6.29. The van der Waals surface area contributed by atoms with Crippen molar-refractivity contribution in [3.05, 3.63) is 0 Å². The van der Waals surface area contributed by atoms with Crippen LogP contribution in [0.25, 0.3) is 0 Å². The SMILES string of the molecule is O=C(O)C(Cl)CCCCC(Cl)C(=O)O. The van der Waals surface area contributed by atoms with Crippen molar-refractivity contribution in [3.8, 4) is 0 Å². The van der Waals surface area contributed by atoms with Crippen LogP contribution in [0.15, 0.2) is 0 Å². The summed E-state index contributed by atoms with van der Waals surface area (Å²) in [5.41, 5.74) is 0. The number of carboxylic acid groups (broad SMARTS) is 2. The molecule has 2 atom stereocenters. The summed E-state index contributed by atoms with van der Waals surface area (Å²) in [6.45, 7) is 0. The van der Waals surface area contributed by atoms with Crippen LogP contribution in [-0.2, 0) is 9.59 Å². The number of carboxylic acids is 2. The van der Waals surface area contributed by atoms with Gasteiger partial charge in [-0.1, -0.05) is 12.8 Å². The Hall–Kier alpha value is -0.480. The highest BCUT2D eigenvalue weighted by Crippen LogP contribution is 2.13. The summed E-state index contributed by atoms with van der Waals surface area (Å²) in [7, 11) is 0. The van der Waals surface area contributed by atoms with Crippen LogP contribution in [0.1, 0.15) is 25.7 Å². The molecule has 0 aliphatic carbocycles. The quantitative estimate of drug-likeness (QED) is 0.529. The van der Waals surface area contributed by atoms with Crippen LogP contribution in [0.3, 0.4) is 0 Å². The molecule has 0 radical (unpaired) electrons. The van der Waals surface area contributed by atoms with E-state index in [0.717, 1.165) is 0 Å². The smallest absolute Gasteiger partial charge is 0.321 e. The van der Waals surface area contributed by atoms with Gasteiger partial charge in [0.05, 0.1) is 0 Å². The van der Waals surface area contributed by atoms with E-state index < -0.39 is 22.7 Å². The van der Waals surface area contributed by atoms with Crippen molar-refractivity contribution in [2.75, 3.05) is 0 Å². The number of alkyl halides is 2. The third-order valence-corrected chi connectivity index (χ3v) is 2.51. The molecule has 0 heterocycles. The number of carbonyl (C=O) groups is 2. The molecule has 6 heteroatoms. The zero-order chi connectivity index (χ0) is 11.1. The second-order valence-corrected chi connectivity index (χ2v) is 3.95. The van der Waals surface area contributed by atoms with E-state index in [-0.39, 0.29) is 0 Å². The maximum absolute atomic E-state index is 10.3. The van der Waals surface area contributed by atoms with Crippen LogP contribution in [0.2, 0.25) is 0 Å². The molecule has 0 bridgehead atoms. The van der Waals surface area contributed by atoms with E-state index in [1.54, 1.807) is 0 Å². The van der Waals surface area contributed by atoms with Crippen LogP contribution in [0.5, 0.6) is 0 Å². The number of hydrogen-bond acceptors (Lipinski definition) is 2. The molecule has 0 aromatic carbocycles. The summed E-state index contributed by atoms with van der Waals surface area (Å²) in [6, 6.07) is 0. The Morgan fingerprint density at radius 2 is 1.21 bits per heavy atom. The summed E-state index contributed by atoms with van der Waals surface area (Å²) in [4.78, 5) is 20.6. The van der Waals surface area contributed by atoms with Crippen LogP contribution in [0, 0.1) is 0 Å². The highest BCUT2D eigenvalue weighted by Gasteiger charge is 2.15. The molecule has 2 N–H and O–H groups in total. The van der Waals surface area contributed by atoms with E-state index in [1.165, 1.54) is 0 Å². The fraction of sp³-hybridized carbons (Fsp3) is 0.750. The second-order valence-electron chi connectivity index (χ2n) is 2.90. The standard InChI is InChI=1S/C8H12Cl2O4/c9-5(7(11)12)3-1-2-4-6(10)8(13)14/h5-6H,1-4H2,(H,11,12)(H,13,14). The first-order valence-corrected chi connectivity index (χ1v) is 5.06. The molecular formula is C8H12Cl2O4. The number of unbranched alkanes of at least 4 members (excludes halogenated alkanes) is 1. The van der Waals surface area contributed by atoms with Gasteiger partial charge in [0.15, 0.2) is 0 Å². The molecule has 0 spiro atoms. The fourth-order valence-electron chi connectivity index (χ4n) is 0.894. The lowest BCUT2D eigenvalue weighted by Crippen LogP contribution is -2.14. The first-order chi connectivity index (χ1) is 6.45. The highest BCUT2D eigenvalue weighted by atomic mass is 35.5. The molecule has 0 aromatic rings. The predicted octanol–water partition coefficient (Wildman–Crippen LogP) is 1.93. The lowest BCUT2D eigenvalue weighted by Gasteiger charge is -2.05. The van der Waals surface area contributed by atoms with Gasteiger partial charge in [-0.25, -0.2) is 0 Å². The topological polar surface area (TPSA) is 74.6 Å². The average Bonchev–Trinajstić information content (AvgIpc) is 2.11. The van der Waals surface area contributed by atoms with Crippen molar-refractivity contribution >= 4 is 35.1 Å². The van der Waals surface area contributed by atoms with Crippen molar-refractivity contribution in [2.45, 2.75) is 36.4 Å². The van der Waals surface area contributed by atoms with E-state index in [1.807, 2.05) is 0 Å². The van der Waals surface area contributed by atoms with Crippen LogP contribution in [0.4, 0.5) is 0 Å². The van der Waals surface area contributed by atoms with E-state index in [0.29, 0.717) is 25.7 Å². The van der Waals surface area contributed by atoms with Gasteiger partial charge in [0.1, 0.15) is 10.8 Å². The number of aliphatic carboxylic acids is 2. The first-order valence-electron chi connectivity index (χ1n) is 4.19. The zero-order valence-corrected chi connectivity index (χ0v) is 8.96. The zero-order valence-electron chi connectivity index (χ0n) is 7.45. The van der Waals surface area contributed by atoms with Crippen molar-refractivity contribution in [3.63, 3.8) is 0 Å². The minimum atomic E-state index is -1.05. The Balaban J connectivity index is 3.47. The summed E-state index contributed by atoms with van der Waals surface area (Å²) in [5.74, 6) is -2.10. The van der Waals surface area contributed by atoms with E-state index >= 15 is 0 Å². The fourth-order valence-corrected chi connectivity index (χ4v) is 1.20. The van der Waals surface area contributed by atoms with Gasteiger partial charge in [0.2, 0.25) is 0 Å². The summed E-state index contributed by atoms with van der Waals surface area (Å²) in [5, 5.41) is 15.1. The lowest BCUT2D eigenvalue weighted by atomic mass is 10.1. The monoisotopic (exact) mass is 242 g/mol. The average molecular weight is 243 g/mol. The van der Waals surface area contributed by atoms with Gasteiger partial charge in [-0.05, 0) is 12.8 Å². The van der Waals surface area contributed by atoms with E-state index in [4.69, 9.17) is 33.4 Å². The van der Waals surface area contributed by atoms with Gasteiger partial charge in [0, 0.05) is 0 Å². The molecule has 0 saturated carbocycles. The molecule has 2 unspecified atom stereocenters. The summed E-state index contributed by atoms with van der Waals surface area (Å²) >= 11 is 10.9. The summed E-state index contributed by atoms with van der Waals surface area (Å²) < 4.78 is 0. The van der Waals surface area contributed by atoms with Crippen LogP contribution < -0.4 is 0 Å². The summed E-state index contributed by atoms with van der Waals surface area (Å²) in [6.07, 6.45) is 1.80. The molecule has 0 aromatic heterocycles. The van der Waals surface area contributed by atoms with Gasteiger partial charge < -0.3 is 10.2 Å². The third kappa shape index (κ3) is 6.05. The third-order valence-electron chi connectivity index (χ3n) is 1.70. The molecule has 0 fully saturated rings. The van der Waals surface area contributed by atoms with Gasteiger partial charge in [-0.2, -0.15) is 0 Å². The van der Waals surface area contributed by atoms with Gasteiger partial charge in [-0.15, -0.1) is 23.2 Å². The van der Waals surface area contributed by atoms with Gasteiger partial charge in [-0.3, -0.25) is 9.59 Å². The minimum Gasteiger partial charge on any atom is -0.480 e. The predicted molar refractivity (Wildman–Crippen MR) is 53.0 cm³/mol. The molecular weight excluding hydrogens is 231 g/mol. The van der Waals surface area contributed by atoms with Gasteiger partial charge >= 0.3 is 11.9 Å². The first kappa shape index (κ1) is 13.5. The molecule has 0 rings (SSSR count). The Bertz CT molecular complexity index is 186. The number of hydrogen-bond donors (Lipinski definition) is 2. The molecule has 0 aliphatic rings. The van der Waals surface area contributed by atoms with Crippen molar-refractivity contribution in [1.82, 2.24) is 0 Å². The molecule has 0 amide bonds. The van der Waals surface area contributed by atoms with Crippen molar-refractivity contribution in [2.24, 2.45) is 0 Å². The molecule has 0 aliphatic heterocycles. The Morgan fingerprint density at radius 3 is 1.43 bits per heavy atom. The maximum atomic E-state index is 10.3. The maximum Gasteiger partial charge on any atom is 0.321 e. The molecule has 0 saturated heterocycles. The Kier molecular flexibility index (Phi) is 6.66. The lowest BCUT2D eigenvalue weighted by molar-refractivity contribution is -0.138. The van der Waals surface area contributed by atoms with E-state index in [9.17, 15) is 9.59 Å². The molecule has 4 nitrogen and oxygen atoms in total. The van der Waals surface area contributed by atoms with E-state index in [2.05, 4.69) is 0 Å². The largest absolute Gasteiger partial charge is 0.480 e. The Morgan fingerprint density at radius 1 is 0.929 bits per heavy atom. The molecule has 82 valence electrons. The van der Waals surface area contributed by atoms with Gasteiger partial charge in [0.25, 0.3) is 0 Å². The second kappa shape index (κ2) is 6.90. The minimum absolute atomic E-state index is 0.333. The number of halogens is 2.